The molecule has 154 valence electrons. The van der Waals surface area contributed by atoms with Crippen LogP contribution in [0.15, 0.2) is 91.0 Å². The Bertz CT molecular complexity index is 917. The fourth-order valence-corrected chi connectivity index (χ4v) is 4.07. The Morgan fingerprint density at radius 2 is 1.43 bits per heavy atom. The molecule has 0 aromatic heterocycles. The van der Waals surface area contributed by atoms with Crippen LogP contribution in [0.2, 0.25) is 0 Å². The molecule has 2 heteroatoms. The van der Waals surface area contributed by atoms with Crippen molar-refractivity contribution in [1.29, 1.82) is 0 Å². The van der Waals surface area contributed by atoms with Crippen LogP contribution in [0, 0.1) is 6.92 Å². The lowest BCUT2D eigenvalue weighted by atomic mass is 9.78. The van der Waals surface area contributed by atoms with E-state index in [-0.39, 0.29) is 6.10 Å². The highest BCUT2D eigenvalue weighted by Crippen LogP contribution is 2.43. The van der Waals surface area contributed by atoms with Crippen molar-refractivity contribution in [2.75, 3.05) is 0 Å². The number of aryl methyl sites for hydroxylation is 1. The van der Waals surface area contributed by atoms with Crippen LogP contribution in [0.3, 0.4) is 0 Å². The molecule has 0 aliphatic rings. The van der Waals surface area contributed by atoms with Gasteiger partial charge in [-0.15, -0.1) is 0 Å². The quantitative estimate of drug-likeness (QED) is 0.217. The zero-order valence-electron chi connectivity index (χ0n) is 17.9. The second-order valence-corrected chi connectivity index (χ2v) is 7.66. The molecule has 0 saturated heterocycles. The molecule has 0 saturated carbocycles. The third kappa shape index (κ3) is 4.79. The summed E-state index contributed by atoms with van der Waals surface area (Å²) in [5.41, 5.74) is 3.50. The van der Waals surface area contributed by atoms with Gasteiger partial charge in [0.25, 0.3) is 0 Å². The maximum absolute atomic E-state index is 11.3. The van der Waals surface area contributed by atoms with Crippen molar-refractivity contribution >= 4 is 5.94 Å². The van der Waals surface area contributed by atoms with E-state index in [9.17, 15) is 4.79 Å². The topological polar surface area (TPSA) is 26.3 Å². The van der Waals surface area contributed by atoms with Crippen LogP contribution in [-0.2, 0) is 15.1 Å². The van der Waals surface area contributed by atoms with Gasteiger partial charge in [0.05, 0.1) is 6.10 Å². The highest BCUT2D eigenvalue weighted by atomic mass is 16.5. The Balaban J connectivity index is 2.23. The molecule has 0 aliphatic heterocycles. The average Bonchev–Trinajstić information content (AvgIpc) is 2.79. The molecule has 0 radical (unpaired) electrons. The Labute approximate surface area is 180 Å². The van der Waals surface area contributed by atoms with Gasteiger partial charge in [-0.2, -0.15) is 0 Å². The van der Waals surface area contributed by atoms with Crippen molar-refractivity contribution in [1.82, 2.24) is 0 Å². The molecule has 0 spiro atoms. The van der Waals surface area contributed by atoms with E-state index in [2.05, 4.69) is 50.2 Å². The number of unbranched alkanes of at least 4 members (excludes halogenated alkanes) is 2. The smallest absolute Gasteiger partial charge is 0.144 e. The maximum atomic E-state index is 11.3. The minimum Gasteiger partial charge on any atom is -0.353 e. The summed E-state index contributed by atoms with van der Waals surface area (Å²) in [5, 5.41) is 0. The van der Waals surface area contributed by atoms with Crippen molar-refractivity contribution in [2.24, 2.45) is 0 Å². The second-order valence-electron chi connectivity index (χ2n) is 7.66. The van der Waals surface area contributed by atoms with Gasteiger partial charge in [-0.3, -0.25) is 0 Å². The number of hydrogen-bond acceptors (Lipinski definition) is 2. The molecule has 0 bridgehead atoms. The van der Waals surface area contributed by atoms with E-state index in [0.717, 1.165) is 47.9 Å². The lowest BCUT2D eigenvalue weighted by Gasteiger charge is -2.39. The minimum absolute atomic E-state index is 0.325. The summed E-state index contributed by atoms with van der Waals surface area (Å²) in [7, 11) is 0. The predicted octanol–water partition coefficient (Wildman–Crippen LogP) is 6.64. The van der Waals surface area contributed by atoms with Crippen LogP contribution in [0.1, 0.15) is 54.9 Å². The largest absolute Gasteiger partial charge is 0.353 e. The van der Waals surface area contributed by atoms with Gasteiger partial charge in [0.15, 0.2) is 0 Å². The number of rotatable bonds is 10. The van der Waals surface area contributed by atoms with E-state index < -0.39 is 5.60 Å². The van der Waals surface area contributed by atoms with E-state index >= 15 is 0 Å². The van der Waals surface area contributed by atoms with Crippen molar-refractivity contribution in [3.05, 3.63) is 113 Å². The first kappa shape index (κ1) is 21.8. The number of ether oxygens (including phenoxy) is 1. The maximum Gasteiger partial charge on any atom is 0.144 e. The molecule has 2 nitrogen and oxygen atoms in total. The standard InChI is InChI=1S/C28H30O2/c1-3-4-7-19-26(21-22-29)30-28(24-15-8-5-9-16-24,25-17-10-6-11-18-25)27-20-13-12-14-23(27)2/h5-6,8-18,20-21,26H,3-4,7,19H2,1-2H3. The molecule has 3 rings (SSSR count). The highest BCUT2D eigenvalue weighted by Gasteiger charge is 2.40. The van der Waals surface area contributed by atoms with Crippen molar-refractivity contribution in [3.63, 3.8) is 0 Å². The van der Waals surface area contributed by atoms with Crippen molar-refractivity contribution < 1.29 is 9.53 Å². The lowest BCUT2D eigenvalue weighted by molar-refractivity contribution is -0.0285. The van der Waals surface area contributed by atoms with Crippen LogP contribution in [0.4, 0.5) is 0 Å². The first-order valence-electron chi connectivity index (χ1n) is 10.8. The molecule has 3 aromatic rings. The lowest BCUT2D eigenvalue weighted by Crippen LogP contribution is -2.37. The summed E-state index contributed by atoms with van der Waals surface area (Å²) in [6, 6.07) is 28.9. The summed E-state index contributed by atoms with van der Waals surface area (Å²) in [4.78, 5) is 11.3. The Morgan fingerprint density at radius 3 is 1.97 bits per heavy atom. The van der Waals surface area contributed by atoms with E-state index in [1.165, 1.54) is 6.08 Å². The Morgan fingerprint density at radius 1 is 0.867 bits per heavy atom. The van der Waals surface area contributed by atoms with Crippen LogP contribution in [-0.4, -0.2) is 12.0 Å². The van der Waals surface area contributed by atoms with Gasteiger partial charge in [-0.25, -0.2) is 4.79 Å². The molecule has 1 atom stereocenters. The summed E-state index contributed by atoms with van der Waals surface area (Å²) in [6.07, 6.45) is 5.24. The fraction of sp³-hybridized carbons (Fsp3) is 0.286. The molecule has 0 amide bonds. The molecule has 1 unspecified atom stereocenters. The second kappa shape index (κ2) is 10.7. The summed E-state index contributed by atoms with van der Waals surface area (Å²) in [6.45, 7) is 4.29. The van der Waals surface area contributed by atoms with Crippen molar-refractivity contribution in [2.45, 2.75) is 51.2 Å². The van der Waals surface area contributed by atoms with Gasteiger partial charge in [0.2, 0.25) is 0 Å². The predicted molar refractivity (Wildman–Crippen MR) is 123 cm³/mol. The van der Waals surface area contributed by atoms with Crippen molar-refractivity contribution in [3.8, 4) is 0 Å². The number of benzene rings is 3. The SMILES string of the molecule is CCCCCC(C=C=O)OC(c1ccccc1)(c1ccccc1)c1ccccc1C. The normalized spacial score (nSPS) is 12.2. The minimum atomic E-state index is -0.821. The Hall–Kier alpha value is -2.93. The van der Waals surface area contributed by atoms with Gasteiger partial charge < -0.3 is 4.74 Å². The monoisotopic (exact) mass is 398 g/mol. The average molecular weight is 399 g/mol. The fourth-order valence-electron chi connectivity index (χ4n) is 4.07. The first-order valence-corrected chi connectivity index (χ1v) is 10.8. The van der Waals surface area contributed by atoms with Crippen LogP contribution in [0.5, 0.6) is 0 Å². The van der Waals surface area contributed by atoms with E-state index in [1.807, 2.05) is 54.5 Å². The van der Waals surface area contributed by atoms with E-state index in [1.54, 1.807) is 0 Å². The molecule has 0 fully saturated rings. The first-order chi connectivity index (χ1) is 14.7. The number of carbonyl (C=O) groups excluding carboxylic acids is 1. The van der Waals surface area contributed by atoms with Gasteiger partial charge in [-0.05, 0) is 35.6 Å². The van der Waals surface area contributed by atoms with Gasteiger partial charge in [-0.1, -0.05) is 111 Å². The molecule has 0 aliphatic carbocycles. The van der Waals surface area contributed by atoms with Gasteiger partial charge >= 0.3 is 0 Å². The third-order valence-corrected chi connectivity index (χ3v) is 5.56. The van der Waals surface area contributed by atoms with Crippen LogP contribution >= 0.6 is 0 Å². The molecular formula is C28H30O2. The summed E-state index contributed by atoms with van der Waals surface area (Å²) >= 11 is 0. The van der Waals surface area contributed by atoms with Crippen LogP contribution < -0.4 is 0 Å². The third-order valence-electron chi connectivity index (χ3n) is 5.56. The van der Waals surface area contributed by atoms with E-state index in [4.69, 9.17) is 4.74 Å². The van der Waals surface area contributed by atoms with Gasteiger partial charge in [0.1, 0.15) is 11.5 Å². The summed E-state index contributed by atoms with van der Waals surface area (Å²) < 4.78 is 6.95. The number of hydrogen-bond donors (Lipinski definition) is 0. The summed E-state index contributed by atoms with van der Waals surface area (Å²) in [5.74, 6) is 1.99. The molecule has 3 aromatic carbocycles. The zero-order chi connectivity index (χ0) is 21.2. The molecule has 30 heavy (non-hydrogen) atoms. The van der Waals surface area contributed by atoms with Crippen LogP contribution in [0.25, 0.3) is 0 Å². The van der Waals surface area contributed by atoms with Gasteiger partial charge in [0, 0.05) is 6.08 Å². The zero-order valence-corrected chi connectivity index (χ0v) is 17.9. The highest BCUT2D eigenvalue weighted by molar-refractivity contribution is 5.51. The Kier molecular flexibility index (Phi) is 7.79. The molecule has 0 heterocycles. The molecule has 0 N–H and O–H groups in total. The molecular weight excluding hydrogens is 368 g/mol. The van der Waals surface area contributed by atoms with E-state index in [0.29, 0.717) is 0 Å².